The van der Waals surface area contributed by atoms with Gasteiger partial charge in [-0.3, -0.25) is 10.1 Å². The highest BCUT2D eigenvalue weighted by Gasteiger charge is 2.71. The average Bonchev–Trinajstić information content (AvgIpc) is 3.64. The predicted octanol–water partition coefficient (Wildman–Crippen LogP) is 4.98. The molecule has 186 valence electrons. The van der Waals surface area contributed by atoms with Crippen LogP contribution in [0.15, 0.2) is 27.7 Å². The first-order valence-electron chi connectivity index (χ1n) is 11.5. The molecular formula is C23H31BrFN3O4SSi. The van der Waals surface area contributed by atoms with E-state index in [1.54, 1.807) is 19.1 Å². The van der Waals surface area contributed by atoms with Crippen LogP contribution in [0.4, 0.5) is 9.18 Å². The van der Waals surface area contributed by atoms with Crippen LogP contribution in [-0.4, -0.2) is 49.4 Å². The van der Waals surface area contributed by atoms with Crippen molar-refractivity contribution in [3.8, 4) is 0 Å². The third kappa shape index (κ3) is 5.68. The minimum Gasteiger partial charge on any atom is -0.385 e. The van der Waals surface area contributed by atoms with Gasteiger partial charge in [-0.1, -0.05) is 35.6 Å². The van der Waals surface area contributed by atoms with Crippen LogP contribution in [0.2, 0.25) is 25.7 Å². The molecule has 0 aromatic heterocycles. The number of fused-ring (bicyclic) bond motifs is 1. The molecule has 2 amide bonds. The van der Waals surface area contributed by atoms with Gasteiger partial charge in [-0.15, -0.1) is 0 Å². The fraction of sp³-hybridized carbons (Fsp3) is 0.609. The minimum absolute atomic E-state index is 0.0225. The molecule has 7 nitrogen and oxygen atoms in total. The van der Waals surface area contributed by atoms with E-state index < -0.39 is 30.3 Å². The van der Waals surface area contributed by atoms with Crippen LogP contribution in [-0.2, 0) is 19.8 Å². The number of hydrogen-bond donors (Lipinski definition) is 2. The second-order valence-corrected chi connectivity index (χ2v) is 18.4. The maximum absolute atomic E-state index is 14.9. The Balaban J connectivity index is 1.49. The summed E-state index contributed by atoms with van der Waals surface area (Å²) in [6, 6.07) is 5.86. The van der Waals surface area contributed by atoms with Gasteiger partial charge >= 0.3 is 6.09 Å². The second kappa shape index (κ2) is 9.55. The highest BCUT2D eigenvalue weighted by molar-refractivity contribution is 9.10. The molecule has 11 heteroatoms. The quantitative estimate of drug-likeness (QED) is 0.261. The number of ether oxygens (including phenoxy) is 2. The molecule has 2 N–H and O–H groups in total. The summed E-state index contributed by atoms with van der Waals surface area (Å²) in [5.41, 5.74) is -0.687. The molecule has 2 aliphatic carbocycles. The summed E-state index contributed by atoms with van der Waals surface area (Å²) in [7, 11) is -1.22. The molecular weight excluding hydrogens is 541 g/mol. The predicted molar refractivity (Wildman–Crippen MR) is 137 cm³/mol. The lowest BCUT2D eigenvalue weighted by atomic mass is 9.85. The highest BCUT2D eigenvalue weighted by atomic mass is 79.9. The van der Waals surface area contributed by atoms with E-state index in [0.717, 1.165) is 30.6 Å². The molecule has 3 aliphatic rings. The molecule has 1 aromatic carbocycles. The Morgan fingerprint density at radius 1 is 1.32 bits per heavy atom. The Hall–Kier alpha value is -1.43. The zero-order valence-electron chi connectivity index (χ0n) is 19.9. The fourth-order valence-corrected chi connectivity index (χ4v) is 6.70. The molecule has 34 heavy (non-hydrogen) atoms. The Bertz CT molecular complexity index is 1020. The largest absolute Gasteiger partial charge is 0.416 e. The van der Waals surface area contributed by atoms with Gasteiger partial charge in [0.2, 0.25) is 5.91 Å². The first kappa shape index (κ1) is 25.7. The number of alkyl carbamates (subject to hydrolysis) is 1. The Morgan fingerprint density at radius 2 is 2.06 bits per heavy atom. The molecule has 1 aromatic rings. The Kier molecular flexibility index (Phi) is 7.21. The van der Waals surface area contributed by atoms with Crippen molar-refractivity contribution in [2.45, 2.75) is 68.2 Å². The number of aliphatic imine (C=N–C) groups is 1. The van der Waals surface area contributed by atoms with Crippen molar-refractivity contribution >= 4 is 53.0 Å². The number of carbonyl (C=O) groups excluding carboxylic acids is 2. The average molecular weight is 573 g/mol. The molecule has 0 spiro atoms. The van der Waals surface area contributed by atoms with Crippen molar-refractivity contribution in [1.29, 1.82) is 0 Å². The summed E-state index contributed by atoms with van der Waals surface area (Å²) < 4.78 is 25.8. The van der Waals surface area contributed by atoms with E-state index >= 15 is 0 Å². The number of carbonyl (C=O) groups is 2. The number of thioether (sulfide) groups is 1. The van der Waals surface area contributed by atoms with Gasteiger partial charge in [0.15, 0.2) is 0 Å². The summed E-state index contributed by atoms with van der Waals surface area (Å²) in [6.45, 7) is 9.15. The lowest BCUT2D eigenvalue weighted by Gasteiger charge is -2.34. The lowest BCUT2D eigenvalue weighted by Crippen LogP contribution is -2.44. The molecule has 0 saturated heterocycles. The molecule has 2 saturated carbocycles. The number of halogens is 2. The SMILES string of the molecule is C[C@]1(c2cc(Br)ccc2F)N=C(OC(=O)NCOCC[Si](C)(C)C)S[C@@]2(C(=O)NC3CC3)CC21. The number of hydrogen-bond acceptors (Lipinski definition) is 6. The summed E-state index contributed by atoms with van der Waals surface area (Å²) in [6.07, 6.45) is 1.74. The summed E-state index contributed by atoms with van der Waals surface area (Å²) in [5.74, 6) is -0.727. The van der Waals surface area contributed by atoms with Gasteiger partial charge in [-0.05, 0) is 62.2 Å². The normalized spacial score (nSPS) is 27.9. The van der Waals surface area contributed by atoms with Gasteiger partial charge in [0.25, 0.3) is 5.23 Å². The molecule has 1 unspecified atom stereocenters. The first-order valence-corrected chi connectivity index (χ1v) is 16.8. The monoisotopic (exact) mass is 571 g/mol. The maximum atomic E-state index is 14.9. The van der Waals surface area contributed by atoms with Crippen LogP contribution in [0.5, 0.6) is 0 Å². The maximum Gasteiger partial charge on any atom is 0.416 e. The first-order chi connectivity index (χ1) is 15.9. The van der Waals surface area contributed by atoms with E-state index in [2.05, 4.69) is 51.2 Å². The minimum atomic E-state index is -1.22. The van der Waals surface area contributed by atoms with E-state index in [9.17, 15) is 14.0 Å². The molecule has 1 aliphatic heterocycles. The molecule has 0 radical (unpaired) electrons. The van der Waals surface area contributed by atoms with Crippen molar-refractivity contribution in [2.24, 2.45) is 10.9 Å². The van der Waals surface area contributed by atoms with Gasteiger partial charge in [0.1, 0.15) is 17.3 Å². The van der Waals surface area contributed by atoms with Crippen LogP contribution in [0, 0.1) is 11.7 Å². The zero-order valence-corrected chi connectivity index (χ0v) is 23.3. The summed E-state index contributed by atoms with van der Waals surface area (Å²) >= 11 is 4.56. The topological polar surface area (TPSA) is 89.0 Å². The van der Waals surface area contributed by atoms with Crippen LogP contribution in [0.3, 0.4) is 0 Å². The lowest BCUT2D eigenvalue weighted by molar-refractivity contribution is -0.121. The number of amides is 2. The van der Waals surface area contributed by atoms with Crippen molar-refractivity contribution in [2.75, 3.05) is 13.3 Å². The second-order valence-electron chi connectivity index (χ2n) is 10.6. The Morgan fingerprint density at radius 3 is 2.74 bits per heavy atom. The highest BCUT2D eigenvalue weighted by Crippen LogP contribution is 2.66. The van der Waals surface area contributed by atoms with Gasteiger partial charge in [0.05, 0.1) is 5.54 Å². The third-order valence-electron chi connectivity index (χ3n) is 6.45. The van der Waals surface area contributed by atoms with Crippen molar-refractivity contribution in [3.05, 3.63) is 34.1 Å². The van der Waals surface area contributed by atoms with Gasteiger partial charge in [-0.2, -0.15) is 0 Å². The van der Waals surface area contributed by atoms with Crippen molar-refractivity contribution in [1.82, 2.24) is 10.6 Å². The van der Waals surface area contributed by atoms with Crippen LogP contribution in [0.25, 0.3) is 0 Å². The Labute approximate surface area is 213 Å². The molecule has 3 atom stereocenters. The fourth-order valence-electron chi connectivity index (χ4n) is 4.14. The zero-order chi connectivity index (χ0) is 24.7. The van der Waals surface area contributed by atoms with Crippen LogP contribution < -0.4 is 10.6 Å². The van der Waals surface area contributed by atoms with E-state index in [4.69, 9.17) is 9.47 Å². The van der Waals surface area contributed by atoms with E-state index in [1.165, 1.54) is 6.07 Å². The standard InChI is InChI=1S/C23H31BrFN3O4SSi/c1-22(16-11-14(24)5-8-17(16)25)18-12-23(18,19(29)27-15-6-7-15)33-21(28-22)32-20(30)26-13-31-9-10-34(2,3)4/h5,8,11,15,18H,6-7,9-10,12-13H2,1-4H3,(H,26,30)(H,27,29)/t18?,22-,23+/m1/s1. The van der Waals surface area contributed by atoms with E-state index in [-0.39, 0.29) is 29.8 Å². The molecule has 2 fully saturated rings. The number of rotatable bonds is 8. The summed E-state index contributed by atoms with van der Waals surface area (Å²) in [4.78, 5) is 30.3. The van der Waals surface area contributed by atoms with Crippen molar-refractivity contribution in [3.63, 3.8) is 0 Å². The number of benzene rings is 1. The van der Waals surface area contributed by atoms with Crippen molar-refractivity contribution < 1.29 is 23.5 Å². The summed E-state index contributed by atoms with van der Waals surface area (Å²) in [5, 5.41) is 5.69. The number of nitrogens with one attached hydrogen (secondary N) is 2. The smallest absolute Gasteiger partial charge is 0.385 e. The van der Waals surface area contributed by atoms with Crippen LogP contribution >= 0.6 is 27.7 Å². The molecule has 0 bridgehead atoms. The van der Waals surface area contributed by atoms with Gasteiger partial charge in [-0.25, -0.2) is 14.2 Å². The van der Waals surface area contributed by atoms with E-state index in [0.29, 0.717) is 23.1 Å². The molecule has 1 heterocycles. The van der Waals surface area contributed by atoms with Gasteiger partial charge in [0, 0.05) is 36.7 Å². The van der Waals surface area contributed by atoms with Crippen LogP contribution in [0.1, 0.15) is 31.7 Å². The van der Waals surface area contributed by atoms with Gasteiger partial charge < -0.3 is 14.8 Å². The number of nitrogens with zero attached hydrogens (tertiary/aromatic N) is 1. The van der Waals surface area contributed by atoms with E-state index in [1.807, 2.05) is 0 Å². The third-order valence-corrected chi connectivity index (χ3v) is 9.99. The molecule has 4 rings (SSSR count).